The summed E-state index contributed by atoms with van der Waals surface area (Å²) in [7, 11) is 0. The van der Waals surface area contributed by atoms with Crippen molar-refractivity contribution in [1.82, 2.24) is 10.9 Å². The third kappa shape index (κ3) is 5.44. The smallest absolute Gasteiger partial charge is 0.307 e. The van der Waals surface area contributed by atoms with Crippen molar-refractivity contribution in [3.05, 3.63) is 26.6 Å². The van der Waals surface area contributed by atoms with Crippen molar-refractivity contribution in [3.8, 4) is 5.75 Å². The summed E-state index contributed by atoms with van der Waals surface area (Å²) < 4.78 is 7.08. The van der Waals surface area contributed by atoms with Gasteiger partial charge in [-0.15, -0.1) is 0 Å². The number of amides is 2. The zero-order valence-electron chi connectivity index (χ0n) is 14.2. The Bertz CT molecular complexity index is 687. The SMILES string of the molecule is Cc1cc(Br)cc(Br)c1OCC(=O)NNC(=O)[C@H]1CCCC[C@@H]1C(=O)O. The van der Waals surface area contributed by atoms with Crippen LogP contribution in [-0.4, -0.2) is 29.5 Å². The first-order valence-corrected chi connectivity index (χ1v) is 9.78. The first kappa shape index (κ1) is 20.7. The van der Waals surface area contributed by atoms with E-state index in [0.717, 1.165) is 22.9 Å². The maximum Gasteiger partial charge on any atom is 0.307 e. The third-order valence-corrected chi connectivity index (χ3v) is 5.33. The second-order valence-electron chi connectivity index (χ2n) is 6.20. The van der Waals surface area contributed by atoms with Gasteiger partial charge in [0, 0.05) is 4.47 Å². The number of aryl methyl sites for hydroxylation is 1. The second-order valence-corrected chi connectivity index (χ2v) is 7.97. The van der Waals surface area contributed by atoms with Crippen LogP contribution in [0.5, 0.6) is 5.75 Å². The Labute approximate surface area is 168 Å². The molecular formula is C17H20Br2N2O5. The fourth-order valence-corrected chi connectivity index (χ4v) is 4.56. The van der Waals surface area contributed by atoms with Gasteiger partial charge in [-0.3, -0.25) is 25.2 Å². The molecule has 2 rings (SSSR count). The predicted molar refractivity (Wildman–Crippen MR) is 101 cm³/mol. The molecule has 0 bridgehead atoms. The second kappa shape index (κ2) is 9.36. The molecule has 3 N–H and O–H groups in total. The summed E-state index contributed by atoms with van der Waals surface area (Å²) in [4.78, 5) is 35.4. The summed E-state index contributed by atoms with van der Waals surface area (Å²) in [5.41, 5.74) is 5.43. The number of carboxylic acids is 1. The molecule has 0 heterocycles. The molecule has 1 saturated carbocycles. The summed E-state index contributed by atoms with van der Waals surface area (Å²) in [6, 6.07) is 3.66. The van der Waals surface area contributed by atoms with E-state index < -0.39 is 29.6 Å². The Hall–Kier alpha value is -1.61. The monoisotopic (exact) mass is 490 g/mol. The lowest BCUT2D eigenvalue weighted by molar-refractivity contribution is -0.149. The third-order valence-electron chi connectivity index (χ3n) is 4.29. The fourth-order valence-electron chi connectivity index (χ4n) is 3.01. The highest BCUT2D eigenvalue weighted by molar-refractivity contribution is 9.11. The Morgan fingerprint density at radius 3 is 2.42 bits per heavy atom. The number of carbonyl (C=O) groups is 3. The molecule has 2 amide bonds. The first-order chi connectivity index (χ1) is 12.3. The number of rotatable bonds is 5. The van der Waals surface area contributed by atoms with Crippen LogP contribution in [0.2, 0.25) is 0 Å². The average Bonchev–Trinajstić information content (AvgIpc) is 2.58. The number of hydrogen-bond acceptors (Lipinski definition) is 4. The van der Waals surface area contributed by atoms with Crippen LogP contribution in [0.25, 0.3) is 0 Å². The molecule has 1 aromatic rings. The molecule has 1 fully saturated rings. The van der Waals surface area contributed by atoms with Gasteiger partial charge in [0.05, 0.1) is 16.3 Å². The number of halogens is 2. The molecule has 2 atom stereocenters. The summed E-state index contributed by atoms with van der Waals surface area (Å²) in [6.07, 6.45) is 2.57. The topological polar surface area (TPSA) is 105 Å². The van der Waals surface area contributed by atoms with Crippen molar-refractivity contribution < 1.29 is 24.2 Å². The lowest BCUT2D eigenvalue weighted by atomic mass is 9.79. The van der Waals surface area contributed by atoms with Crippen LogP contribution in [0.3, 0.4) is 0 Å². The number of carboxylic acid groups (broad SMARTS) is 1. The number of carbonyl (C=O) groups excluding carboxylic acids is 2. The van der Waals surface area contributed by atoms with Crippen molar-refractivity contribution >= 4 is 49.6 Å². The minimum atomic E-state index is -0.977. The molecule has 0 aromatic heterocycles. The van der Waals surface area contributed by atoms with Crippen molar-refractivity contribution in [1.29, 1.82) is 0 Å². The van der Waals surface area contributed by atoms with Gasteiger partial charge < -0.3 is 9.84 Å². The highest BCUT2D eigenvalue weighted by atomic mass is 79.9. The molecule has 7 nitrogen and oxygen atoms in total. The van der Waals surface area contributed by atoms with Gasteiger partial charge in [-0.25, -0.2) is 0 Å². The molecular weight excluding hydrogens is 472 g/mol. The Balaban J connectivity index is 1.85. The van der Waals surface area contributed by atoms with Gasteiger partial charge in [0.2, 0.25) is 5.91 Å². The minimum absolute atomic E-state index is 0.283. The lowest BCUT2D eigenvalue weighted by Crippen LogP contribution is -2.49. The van der Waals surface area contributed by atoms with Crippen LogP contribution >= 0.6 is 31.9 Å². The lowest BCUT2D eigenvalue weighted by Gasteiger charge is -2.27. The van der Waals surface area contributed by atoms with Gasteiger partial charge in [0.1, 0.15) is 5.75 Å². The molecule has 0 spiro atoms. The van der Waals surface area contributed by atoms with E-state index in [1.54, 1.807) is 6.07 Å². The molecule has 142 valence electrons. The van der Waals surface area contributed by atoms with Crippen LogP contribution in [0.15, 0.2) is 21.1 Å². The summed E-state index contributed by atoms with van der Waals surface area (Å²) in [6.45, 7) is 1.56. The van der Waals surface area contributed by atoms with Crippen molar-refractivity contribution in [2.24, 2.45) is 11.8 Å². The summed E-state index contributed by atoms with van der Waals surface area (Å²) >= 11 is 6.74. The molecule has 0 radical (unpaired) electrons. The van der Waals surface area contributed by atoms with Crippen molar-refractivity contribution in [2.45, 2.75) is 32.6 Å². The average molecular weight is 492 g/mol. The van der Waals surface area contributed by atoms with Crippen LogP contribution in [0.1, 0.15) is 31.2 Å². The molecule has 9 heteroatoms. The maximum atomic E-state index is 12.2. The Kier molecular flexibility index (Phi) is 7.45. The summed E-state index contributed by atoms with van der Waals surface area (Å²) in [5, 5.41) is 9.22. The van der Waals surface area contributed by atoms with E-state index in [4.69, 9.17) is 4.74 Å². The molecule has 1 aliphatic carbocycles. The quantitative estimate of drug-likeness (QED) is 0.549. The van der Waals surface area contributed by atoms with Crippen LogP contribution in [0.4, 0.5) is 0 Å². The molecule has 0 unspecified atom stereocenters. The van der Waals surface area contributed by atoms with Gasteiger partial charge in [-0.2, -0.15) is 0 Å². The van der Waals surface area contributed by atoms with E-state index in [2.05, 4.69) is 42.7 Å². The number of hydrogen-bond donors (Lipinski definition) is 3. The van der Waals surface area contributed by atoms with Gasteiger partial charge in [-0.1, -0.05) is 28.8 Å². The standard InChI is InChI=1S/C17H20Br2N2O5/c1-9-6-10(18)7-13(19)15(9)26-8-14(22)20-21-16(23)11-4-2-3-5-12(11)17(24)25/h6-7,11-12H,2-5,8H2,1H3,(H,20,22)(H,21,23)(H,24,25)/t11-,12-/m0/s1. The summed E-state index contributed by atoms with van der Waals surface area (Å²) in [5.74, 6) is -2.80. The first-order valence-electron chi connectivity index (χ1n) is 8.19. The van der Waals surface area contributed by atoms with Gasteiger partial charge in [0.25, 0.3) is 5.91 Å². The fraction of sp³-hybridized carbons (Fsp3) is 0.471. The van der Waals surface area contributed by atoms with E-state index in [0.29, 0.717) is 23.1 Å². The van der Waals surface area contributed by atoms with Crippen molar-refractivity contribution in [3.63, 3.8) is 0 Å². The van der Waals surface area contributed by atoms with E-state index in [1.807, 2.05) is 13.0 Å². The van der Waals surface area contributed by atoms with Gasteiger partial charge in [-0.05, 0) is 53.4 Å². The Morgan fingerprint density at radius 1 is 1.15 bits per heavy atom. The Morgan fingerprint density at radius 2 is 1.81 bits per heavy atom. The highest BCUT2D eigenvalue weighted by Crippen LogP contribution is 2.32. The molecule has 0 aliphatic heterocycles. The minimum Gasteiger partial charge on any atom is -0.482 e. The number of ether oxygens (including phenoxy) is 1. The van der Waals surface area contributed by atoms with Crippen LogP contribution in [0, 0.1) is 18.8 Å². The largest absolute Gasteiger partial charge is 0.482 e. The van der Waals surface area contributed by atoms with Gasteiger partial charge >= 0.3 is 5.97 Å². The zero-order valence-corrected chi connectivity index (χ0v) is 17.4. The molecule has 1 aliphatic rings. The van der Waals surface area contributed by atoms with Crippen LogP contribution < -0.4 is 15.6 Å². The number of benzene rings is 1. The zero-order chi connectivity index (χ0) is 19.3. The predicted octanol–water partition coefficient (Wildman–Crippen LogP) is 2.94. The van der Waals surface area contributed by atoms with E-state index >= 15 is 0 Å². The number of hydrazine groups is 1. The van der Waals surface area contributed by atoms with E-state index in [1.165, 1.54) is 0 Å². The van der Waals surface area contributed by atoms with Crippen LogP contribution in [-0.2, 0) is 14.4 Å². The maximum absolute atomic E-state index is 12.2. The molecule has 0 saturated heterocycles. The van der Waals surface area contributed by atoms with E-state index in [9.17, 15) is 19.5 Å². The highest BCUT2D eigenvalue weighted by Gasteiger charge is 2.35. The molecule has 1 aromatic carbocycles. The molecule has 26 heavy (non-hydrogen) atoms. The van der Waals surface area contributed by atoms with Gasteiger partial charge in [0.15, 0.2) is 6.61 Å². The number of nitrogens with one attached hydrogen (secondary N) is 2. The van der Waals surface area contributed by atoms with Crippen molar-refractivity contribution in [2.75, 3.05) is 6.61 Å². The number of aliphatic carboxylic acids is 1. The van der Waals surface area contributed by atoms with E-state index in [-0.39, 0.29) is 6.61 Å². The normalized spacial score (nSPS) is 19.5.